The molecular weight excluding hydrogens is 473 g/mol. The second kappa shape index (κ2) is 9.41. The molecule has 2 aliphatic rings. The Labute approximate surface area is 214 Å². The van der Waals surface area contributed by atoms with E-state index in [0.717, 1.165) is 57.8 Å². The highest BCUT2D eigenvalue weighted by atomic mass is 19.1. The van der Waals surface area contributed by atoms with E-state index in [9.17, 15) is 14.3 Å². The number of hydrogen-bond acceptors (Lipinski definition) is 5. The van der Waals surface area contributed by atoms with E-state index < -0.39 is 5.97 Å². The van der Waals surface area contributed by atoms with Gasteiger partial charge in [0.2, 0.25) is 5.88 Å². The number of carbonyl (C=O) groups is 1. The Morgan fingerprint density at radius 3 is 2.62 bits per heavy atom. The Kier molecular flexibility index (Phi) is 6.07. The topological polar surface area (TPSA) is 86.5 Å². The second-order valence-corrected chi connectivity index (χ2v) is 10.5. The quantitative estimate of drug-likeness (QED) is 0.325. The SMILES string of the molecule is CC(C)c1nc(O[C@H]2C[C@H](C(=O)O)C2)c2cc3c(cnn3C3CCCCO3)cc2c1-c1ccc(F)cc1. The van der Waals surface area contributed by atoms with Crippen LogP contribution in [0.5, 0.6) is 5.88 Å². The van der Waals surface area contributed by atoms with Crippen LogP contribution in [-0.4, -0.2) is 38.6 Å². The first kappa shape index (κ1) is 23.9. The molecule has 37 heavy (non-hydrogen) atoms. The molecule has 8 heteroatoms. The van der Waals surface area contributed by atoms with Gasteiger partial charge in [-0.2, -0.15) is 5.10 Å². The number of hydrogen-bond donors (Lipinski definition) is 1. The van der Waals surface area contributed by atoms with Crippen molar-refractivity contribution in [3.63, 3.8) is 0 Å². The molecule has 4 aromatic rings. The molecule has 1 unspecified atom stereocenters. The Hall–Kier alpha value is -3.52. The van der Waals surface area contributed by atoms with E-state index in [0.29, 0.717) is 25.3 Å². The minimum atomic E-state index is -0.787. The molecule has 2 fully saturated rings. The van der Waals surface area contributed by atoms with Crippen LogP contribution in [0.25, 0.3) is 32.8 Å². The molecule has 3 heterocycles. The average molecular weight is 504 g/mol. The molecule has 1 atom stereocenters. The normalized spacial score (nSPS) is 21.9. The van der Waals surface area contributed by atoms with E-state index in [1.165, 1.54) is 12.1 Å². The van der Waals surface area contributed by atoms with E-state index in [-0.39, 0.29) is 30.0 Å². The third-order valence-corrected chi connectivity index (χ3v) is 7.54. The lowest BCUT2D eigenvalue weighted by Crippen LogP contribution is -2.38. The van der Waals surface area contributed by atoms with Crippen LogP contribution < -0.4 is 4.74 Å². The Balaban J connectivity index is 1.55. The van der Waals surface area contributed by atoms with Gasteiger partial charge in [-0.3, -0.25) is 4.79 Å². The van der Waals surface area contributed by atoms with Crippen molar-refractivity contribution in [3.05, 3.63) is 54.1 Å². The van der Waals surface area contributed by atoms with E-state index in [2.05, 4.69) is 31.1 Å². The second-order valence-electron chi connectivity index (χ2n) is 10.5. The molecule has 1 saturated heterocycles. The molecule has 0 amide bonds. The van der Waals surface area contributed by atoms with Gasteiger partial charge in [-0.25, -0.2) is 14.1 Å². The third-order valence-electron chi connectivity index (χ3n) is 7.54. The lowest BCUT2D eigenvalue weighted by Gasteiger charge is -2.32. The first-order valence-electron chi connectivity index (χ1n) is 13.0. The van der Waals surface area contributed by atoms with Gasteiger partial charge in [-0.15, -0.1) is 0 Å². The van der Waals surface area contributed by atoms with Crippen molar-refractivity contribution in [2.75, 3.05) is 6.61 Å². The van der Waals surface area contributed by atoms with Gasteiger partial charge in [0, 0.05) is 22.9 Å². The fourth-order valence-corrected chi connectivity index (χ4v) is 5.44. The molecule has 7 nitrogen and oxygen atoms in total. The van der Waals surface area contributed by atoms with E-state index in [1.807, 2.05) is 10.9 Å². The molecule has 0 bridgehead atoms. The molecule has 6 rings (SSSR count). The van der Waals surface area contributed by atoms with Gasteiger partial charge < -0.3 is 14.6 Å². The minimum Gasteiger partial charge on any atom is -0.481 e. The lowest BCUT2D eigenvalue weighted by atomic mass is 9.82. The molecule has 1 aliphatic heterocycles. The van der Waals surface area contributed by atoms with Crippen LogP contribution in [0.2, 0.25) is 0 Å². The molecule has 2 aromatic carbocycles. The van der Waals surface area contributed by atoms with Gasteiger partial charge in [0.25, 0.3) is 0 Å². The summed E-state index contributed by atoms with van der Waals surface area (Å²) < 4.78 is 28.1. The number of carboxylic acid groups (broad SMARTS) is 1. The van der Waals surface area contributed by atoms with Crippen molar-refractivity contribution in [1.82, 2.24) is 14.8 Å². The molecular formula is C29H30FN3O4. The van der Waals surface area contributed by atoms with Gasteiger partial charge in [0.05, 0.1) is 23.3 Å². The van der Waals surface area contributed by atoms with Crippen molar-refractivity contribution in [2.24, 2.45) is 5.92 Å². The highest BCUT2D eigenvalue weighted by Gasteiger charge is 2.37. The number of halogens is 1. The summed E-state index contributed by atoms with van der Waals surface area (Å²) in [6, 6.07) is 10.7. The maximum atomic E-state index is 13.8. The minimum absolute atomic E-state index is 0.0778. The Bertz CT molecular complexity index is 1470. The first-order valence-corrected chi connectivity index (χ1v) is 13.0. The van der Waals surface area contributed by atoms with Gasteiger partial charge >= 0.3 is 5.97 Å². The van der Waals surface area contributed by atoms with Crippen molar-refractivity contribution >= 4 is 27.6 Å². The molecule has 192 valence electrons. The summed E-state index contributed by atoms with van der Waals surface area (Å²) in [6.45, 7) is 4.87. The fraction of sp³-hybridized carbons (Fsp3) is 0.414. The van der Waals surface area contributed by atoms with Gasteiger partial charge in [-0.1, -0.05) is 26.0 Å². The van der Waals surface area contributed by atoms with Gasteiger partial charge in [-0.05, 0) is 73.2 Å². The lowest BCUT2D eigenvalue weighted by molar-refractivity contribution is -0.148. The summed E-state index contributed by atoms with van der Waals surface area (Å²) in [5, 5.41) is 16.7. The molecule has 1 saturated carbocycles. The third kappa shape index (κ3) is 4.33. The summed E-state index contributed by atoms with van der Waals surface area (Å²) in [4.78, 5) is 16.3. The maximum absolute atomic E-state index is 13.8. The Morgan fingerprint density at radius 2 is 1.95 bits per heavy atom. The van der Waals surface area contributed by atoms with Gasteiger partial charge in [0.1, 0.15) is 11.9 Å². The summed E-state index contributed by atoms with van der Waals surface area (Å²) in [7, 11) is 0. The van der Waals surface area contributed by atoms with Crippen LogP contribution in [0.15, 0.2) is 42.6 Å². The Morgan fingerprint density at radius 1 is 1.16 bits per heavy atom. The number of rotatable bonds is 6. The van der Waals surface area contributed by atoms with Crippen LogP contribution in [0.1, 0.15) is 63.8 Å². The van der Waals surface area contributed by atoms with E-state index in [4.69, 9.17) is 14.5 Å². The number of fused-ring (bicyclic) bond motifs is 2. The highest BCUT2D eigenvalue weighted by Crippen LogP contribution is 2.42. The monoisotopic (exact) mass is 503 g/mol. The van der Waals surface area contributed by atoms with E-state index in [1.54, 1.807) is 12.1 Å². The zero-order valence-corrected chi connectivity index (χ0v) is 21.0. The number of carboxylic acids is 1. The predicted molar refractivity (Wildman–Crippen MR) is 138 cm³/mol. The maximum Gasteiger partial charge on any atom is 0.306 e. The average Bonchev–Trinajstić information content (AvgIpc) is 3.28. The summed E-state index contributed by atoms with van der Waals surface area (Å²) >= 11 is 0. The standard InChI is InChI=1S/C29H30FN3O4/c1-16(2)27-26(17-6-8-20(30)9-7-17)22-13-19-15-31-33(25-5-3-4-10-36-25)24(19)14-23(22)28(32-27)37-21-11-18(12-21)29(34)35/h6-9,13-16,18,21,25H,3-5,10-12H2,1-2H3,(H,34,35)/t18-,21-,25?. The van der Waals surface area contributed by atoms with Crippen LogP contribution in [0.3, 0.4) is 0 Å². The van der Waals surface area contributed by atoms with Gasteiger partial charge in [0.15, 0.2) is 6.23 Å². The summed E-state index contributed by atoms with van der Waals surface area (Å²) in [6.07, 6.45) is 5.53. The molecule has 2 aromatic heterocycles. The molecule has 0 spiro atoms. The van der Waals surface area contributed by atoms with E-state index >= 15 is 0 Å². The first-order chi connectivity index (χ1) is 17.9. The van der Waals surface area contributed by atoms with Crippen LogP contribution in [-0.2, 0) is 9.53 Å². The molecule has 0 radical (unpaired) electrons. The van der Waals surface area contributed by atoms with Crippen LogP contribution >= 0.6 is 0 Å². The summed E-state index contributed by atoms with van der Waals surface area (Å²) in [5.41, 5.74) is 3.61. The van der Waals surface area contributed by atoms with Crippen molar-refractivity contribution in [2.45, 2.75) is 64.2 Å². The predicted octanol–water partition coefficient (Wildman–Crippen LogP) is 6.46. The number of ether oxygens (including phenoxy) is 2. The van der Waals surface area contributed by atoms with Crippen LogP contribution in [0, 0.1) is 11.7 Å². The molecule has 1 N–H and O–H groups in total. The van der Waals surface area contributed by atoms with Crippen molar-refractivity contribution in [3.8, 4) is 17.0 Å². The zero-order valence-electron chi connectivity index (χ0n) is 21.0. The number of pyridine rings is 1. The fourth-order valence-electron chi connectivity index (χ4n) is 5.44. The number of aromatic nitrogens is 3. The zero-order chi connectivity index (χ0) is 25.7. The number of nitrogens with zero attached hydrogens (tertiary/aromatic N) is 3. The largest absolute Gasteiger partial charge is 0.481 e. The number of benzene rings is 2. The van der Waals surface area contributed by atoms with Crippen molar-refractivity contribution < 1.29 is 23.8 Å². The van der Waals surface area contributed by atoms with Crippen LogP contribution in [0.4, 0.5) is 4.39 Å². The smallest absolute Gasteiger partial charge is 0.306 e. The molecule has 1 aliphatic carbocycles. The number of aliphatic carboxylic acids is 1. The van der Waals surface area contributed by atoms with Crippen molar-refractivity contribution in [1.29, 1.82) is 0 Å². The highest BCUT2D eigenvalue weighted by molar-refractivity contribution is 6.06. The summed E-state index contributed by atoms with van der Waals surface area (Å²) in [5.74, 6) is -0.881.